The summed E-state index contributed by atoms with van der Waals surface area (Å²) < 4.78 is 5.18. The van der Waals surface area contributed by atoms with Crippen LogP contribution in [-0.2, 0) is 22.4 Å². The van der Waals surface area contributed by atoms with Gasteiger partial charge in [-0.15, -0.1) is 22.9 Å². The fourth-order valence-electron chi connectivity index (χ4n) is 4.28. The Morgan fingerprint density at radius 1 is 1.00 bits per heavy atom. The number of aryl methyl sites for hydroxylation is 2. The van der Waals surface area contributed by atoms with Crippen LogP contribution in [0.4, 0.5) is 0 Å². The van der Waals surface area contributed by atoms with Crippen molar-refractivity contribution in [1.29, 1.82) is 0 Å². The number of rotatable bonds is 17. The second-order valence-electron chi connectivity index (χ2n) is 9.27. The number of alkyl halides is 1. The van der Waals surface area contributed by atoms with Crippen molar-refractivity contribution in [3.63, 3.8) is 0 Å². The summed E-state index contributed by atoms with van der Waals surface area (Å²) >= 11 is 20.1. The van der Waals surface area contributed by atoms with Gasteiger partial charge in [0.05, 0.1) is 25.7 Å². The molecule has 2 rings (SSSR count). The summed E-state index contributed by atoms with van der Waals surface area (Å²) in [7, 11) is 0. The standard InChI is InChI=1S/C27H36Cl3NO6S/c1-17(28)24(19(14-32)6-5-18-11-20(29)13-21(30)12-18)4-2-3-23-7-8-25(38-23)27(36)37-10-9-26(35)31-22(15-33)16-34/h7-8,11-13,17,19,22,24,32-34H,2-6,9-10,14-16H2,1H3,(H,31,35). The Hall–Kier alpha value is -1.39. The highest BCUT2D eigenvalue weighted by molar-refractivity contribution is 7.13. The Morgan fingerprint density at radius 3 is 2.29 bits per heavy atom. The fraction of sp³-hybridized carbons (Fsp3) is 0.556. The van der Waals surface area contributed by atoms with Gasteiger partial charge in [0, 0.05) is 26.9 Å². The van der Waals surface area contributed by atoms with Crippen LogP contribution < -0.4 is 5.32 Å². The van der Waals surface area contributed by atoms with Crippen LogP contribution in [0.2, 0.25) is 10.0 Å². The number of amides is 1. The van der Waals surface area contributed by atoms with Crippen LogP contribution in [0.5, 0.6) is 0 Å². The highest BCUT2D eigenvalue weighted by Gasteiger charge is 2.25. The first-order valence-corrected chi connectivity index (χ1v) is 14.6. The molecule has 0 bridgehead atoms. The highest BCUT2D eigenvalue weighted by Crippen LogP contribution is 2.31. The highest BCUT2D eigenvalue weighted by atomic mass is 35.5. The predicted molar refractivity (Wildman–Crippen MR) is 152 cm³/mol. The molecule has 3 atom stereocenters. The van der Waals surface area contributed by atoms with Gasteiger partial charge in [-0.25, -0.2) is 4.79 Å². The molecule has 1 aromatic heterocycles. The van der Waals surface area contributed by atoms with Crippen molar-refractivity contribution in [3.05, 3.63) is 55.7 Å². The molecule has 0 fully saturated rings. The second kappa shape index (κ2) is 17.3. The maximum atomic E-state index is 12.3. The van der Waals surface area contributed by atoms with Crippen molar-refractivity contribution >= 4 is 58.0 Å². The molecule has 212 valence electrons. The molecule has 1 heterocycles. The van der Waals surface area contributed by atoms with Crippen molar-refractivity contribution in [2.24, 2.45) is 11.8 Å². The third kappa shape index (κ3) is 11.4. The molecule has 7 nitrogen and oxygen atoms in total. The van der Waals surface area contributed by atoms with E-state index in [1.807, 2.05) is 25.1 Å². The zero-order valence-corrected chi connectivity index (χ0v) is 24.5. The zero-order valence-electron chi connectivity index (χ0n) is 21.4. The number of benzene rings is 1. The van der Waals surface area contributed by atoms with E-state index in [-0.39, 0.29) is 50.1 Å². The molecule has 2 aromatic rings. The number of esters is 1. The number of hydrogen-bond acceptors (Lipinski definition) is 7. The third-order valence-electron chi connectivity index (χ3n) is 6.35. The summed E-state index contributed by atoms with van der Waals surface area (Å²) in [6, 6.07) is 8.35. The van der Waals surface area contributed by atoms with Crippen LogP contribution in [0.15, 0.2) is 30.3 Å². The number of thiophene rings is 1. The van der Waals surface area contributed by atoms with Crippen LogP contribution in [0, 0.1) is 11.8 Å². The maximum Gasteiger partial charge on any atom is 0.348 e. The normalized spacial score (nSPS) is 13.8. The topological polar surface area (TPSA) is 116 Å². The number of carbonyl (C=O) groups is 2. The third-order valence-corrected chi connectivity index (χ3v) is 8.23. The van der Waals surface area contributed by atoms with Crippen molar-refractivity contribution in [3.8, 4) is 0 Å². The Kier molecular flexibility index (Phi) is 15.0. The van der Waals surface area contributed by atoms with Crippen LogP contribution in [0.25, 0.3) is 0 Å². The first kappa shape index (κ1) is 32.8. The van der Waals surface area contributed by atoms with E-state index in [0.29, 0.717) is 14.9 Å². The summed E-state index contributed by atoms with van der Waals surface area (Å²) in [5, 5.41) is 31.6. The Bertz CT molecular complexity index is 994. The molecular weight excluding hydrogens is 573 g/mol. The van der Waals surface area contributed by atoms with E-state index in [2.05, 4.69) is 5.32 Å². The number of ether oxygens (including phenoxy) is 1. The van der Waals surface area contributed by atoms with Gasteiger partial charge >= 0.3 is 5.97 Å². The van der Waals surface area contributed by atoms with E-state index in [0.717, 1.165) is 42.5 Å². The van der Waals surface area contributed by atoms with Crippen molar-refractivity contribution in [1.82, 2.24) is 5.32 Å². The molecule has 38 heavy (non-hydrogen) atoms. The summed E-state index contributed by atoms with van der Waals surface area (Å²) in [5.41, 5.74) is 1.03. The monoisotopic (exact) mass is 607 g/mol. The van der Waals surface area contributed by atoms with Gasteiger partial charge in [0.15, 0.2) is 0 Å². The summed E-state index contributed by atoms with van der Waals surface area (Å²) in [4.78, 5) is 25.6. The molecule has 0 aliphatic heterocycles. The first-order chi connectivity index (χ1) is 18.2. The smallest absolute Gasteiger partial charge is 0.348 e. The number of halogens is 3. The van der Waals surface area contributed by atoms with Crippen LogP contribution >= 0.6 is 46.1 Å². The van der Waals surface area contributed by atoms with Gasteiger partial charge in [-0.2, -0.15) is 0 Å². The van der Waals surface area contributed by atoms with E-state index in [9.17, 15) is 14.7 Å². The van der Waals surface area contributed by atoms with Crippen LogP contribution in [0.3, 0.4) is 0 Å². The molecule has 0 aliphatic rings. The van der Waals surface area contributed by atoms with Gasteiger partial charge in [0.25, 0.3) is 0 Å². The molecule has 0 spiro atoms. The molecule has 3 unspecified atom stereocenters. The summed E-state index contributed by atoms with van der Waals surface area (Å²) in [5.74, 6) is -0.749. The van der Waals surface area contributed by atoms with Gasteiger partial charge in [0.1, 0.15) is 11.5 Å². The lowest BCUT2D eigenvalue weighted by atomic mass is 9.82. The lowest BCUT2D eigenvalue weighted by Crippen LogP contribution is -2.40. The van der Waals surface area contributed by atoms with E-state index in [1.165, 1.54) is 11.3 Å². The Balaban J connectivity index is 1.81. The van der Waals surface area contributed by atoms with Crippen molar-refractivity contribution in [2.45, 2.75) is 56.9 Å². The van der Waals surface area contributed by atoms with E-state index < -0.39 is 17.9 Å². The lowest BCUT2D eigenvalue weighted by molar-refractivity contribution is -0.123. The summed E-state index contributed by atoms with van der Waals surface area (Å²) in [6.45, 7) is 1.16. The van der Waals surface area contributed by atoms with Gasteiger partial charge < -0.3 is 25.4 Å². The summed E-state index contributed by atoms with van der Waals surface area (Å²) in [6.07, 6.45) is 3.91. The maximum absolute atomic E-state index is 12.3. The van der Waals surface area contributed by atoms with Crippen LogP contribution in [0.1, 0.15) is 52.7 Å². The van der Waals surface area contributed by atoms with Crippen LogP contribution in [-0.4, -0.2) is 65.0 Å². The minimum absolute atomic E-state index is 0.0383. The predicted octanol–water partition coefficient (Wildman–Crippen LogP) is 4.88. The minimum Gasteiger partial charge on any atom is -0.461 e. The van der Waals surface area contributed by atoms with E-state index in [1.54, 1.807) is 12.1 Å². The van der Waals surface area contributed by atoms with E-state index >= 15 is 0 Å². The number of aliphatic hydroxyl groups is 3. The number of nitrogens with one attached hydrogen (secondary N) is 1. The SMILES string of the molecule is CC(Cl)C(CCCc1ccc(C(=O)OCCC(=O)NC(CO)CO)s1)C(CO)CCc1cc(Cl)cc(Cl)c1. The van der Waals surface area contributed by atoms with Gasteiger partial charge in [-0.05, 0) is 86.8 Å². The molecule has 0 radical (unpaired) electrons. The average molecular weight is 609 g/mol. The Labute approximate surface area is 243 Å². The minimum atomic E-state index is -0.728. The fourth-order valence-corrected chi connectivity index (χ4v) is 6.13. The van der Waals surface area contributed by atoms with Crippen molar-refractivity contribution in [2.75, 3.05) is 26.4 Å². The molecule has 1 amide bonds. The molecule has 0 saturated carbocycles. The van der Waals surface area contributed by atoms with Gasteiger partial charge in [-0.3, -0.25) is 4.79 Å². The molecule has 0 aliphatic carbocycles. The lowest BCUT2D eigenvalue weighted by Gasteiger charge is -2.28. The molecule has 11 heteroatoms. The first-order valence-electron chi connectivity index (χ1n) is 12.6. The second-order valence-corrected chi connectivity index (χ2v) is 12.0. The van der Waals surface area contributed by atoms with Gasteiger partial charge in [0.2, 0.25) is 5.91 Å². The number of hydrogen-bond donors (Lipinski definition) is 4. The quantitative estimate of drug-likeness (QED) is 0.150. The number of aliphatic hydroxyl groups excluding tert-OH is 3. The molecule has 0 saturated heterocycles. The average Bonchev–Trinajstić information content (AvgIpc) is 3.34. The zero-order chi connectivity index (χ0) is 28.1. The van der Waals surface area contributed by atoms with Crippen molar-refractivity contribution < 1.29 is 29.6 Å². The van der Waals surface area contributed by atoms with Gasteiger partial charge in [-0.1, -0.05) is 23.2 Å². The number of carbonyl (C=O) groups excluding carboxylic acids is 2. The van der Waals surface area contributed by atoms with E-state index in [4.69, 9.17) is 49.8 Å². The molecular formula is C27H36Cl3NO6S. The Morgan fingerprint density at radius 2 is 1.68 bits per heavy atom. The molecule has 4 N–H and O–H groups in total. The largest absolute Gasteiger partial charge is 0.461 e. The molecule has 1 aromatic carbocycles.